The number of hydrogen-bond donors (Lipinski definition) is 0. The van der Waals surface area contributed by atoms with Crippen molar-refractivity contribution in [2.75, 3.05) is 0 Å². The summed E-state index contributed by atoms with van der Waals surface area (Å²) in [6, 6.07) is 13.2. The average molecular weight is 255 g/mol. The van der Waals surface area contributed by atoms with Crippen LogP contribution in [0.5, 0.6) is 0 Å². The van der Waals surface area contributed by atoms with Gasteiger partial charge in [0.2, 0.25) is 0 Å². The number of aromatic nitrogens is 1. The monoisotopic (exact) mass is 254 g/mol. The summed E-state index contributed by atoms with van der Waals surface area (Å²) in [6.45, 7) is 0. The molecule has 18 heavy (non-hydrogen) atoms. The van der Waals surface area contributed by atoms with E-state index in [1.807, 2.05) is 36.4 Å². The highest BCUT2D eigenvalue weighted by molar-refractivity contribution is 6.31. The molecule has 0 bridgehead atoms. The highest BCUT2D eigenvalue weighted by Crippen LogP contribution is 2.13. The normalized spacial score (nSPS) is 10.4. The van der Waals surface area contributed by atoms with Gasteiger partial charge in [0, 0.05) is 12.6 Å². The van der Waals surface area contributed by atoms with Crippen molar-refractivity contribution in [1.82, 2.24) is 4.98 Å². The van der Waals surface area contributed by atoms with Gasteiger partial charge in [-0.1, -0.05) is 35.9 Å². The molecule has 88 valence electrons. The predicted octanol–water partition coefficient (Wildman–Crippen LogP) is 3.86. The Labute approximate surface area is 111 Å². The average Bonchev–Trinajstić information content (AvgIpc) is 2.42. The zero-order valence-electron chi connectivity index (χ0n) is 9.68. The quantitative estimate of drug-likeness (QED) is 0.834. The number of halogens is 1. The van der Waals surface area contributed by atoms with Gasteiger partial charge in [-0.25, -0.2) is 0 Å². The smallest absolute Gasteiger partial charge is 0.0991 e. The summed E-state index contributed by atoms with van der Waals surface area (Å²) < 4.78 is 0. The predicted molar refractivity (Wildman–Crippen MR) is 73.1 cm³/mol. The summed E-state index contributed by atoms with van der Waals surface area (Å²) in [5.41, 5.74) is 2.59. The fourth-order valence-electron chi connectivity index (χ4n) is 1.54. The van der Waals surface area contributed by atoms with Gasteiger partial charge in [-0.3, -0.25) is 4.98 Å². The first kappa shape index (κ1) is 12.3. The van der Waals surface area contributed by atoms with Crippen LogP contribution in [0, 0.1) is 11.3 Å². The van der Waals surface area contributed by atoms with Crippen LogP contribution in [0.15, 0.2) is 48.7 Å². The van der Waals surface area contributed by atoms with Crippen molar-refractivity contribution in [3.05, 3.63) is 70.5 Å². The van der Waals surface area contributed by atoms with E-state index in [9.17, 15) is 0 Å². The molecule has 0 aliphatic rings. The van der Waals surface area contributed by atoms with Crippen LogP contribution in [0.25, 0.3) is 6.08 Å². The Balaban J connectivity index is 2.03. The summed E-state index contributed by atoms with van der Waals surface area (Å²) in [4.78, 5) is 4.21. The largest absolute Gasteiger partial charge is 0.259 e. The highest BCUT2D eigenvalue weighted by atomic mass is 35.5. The molecule has 0 aliphatic carbocycles. The van der Waals surface area contributed by atoms with Crippen molar-refractivity contribution in [1.29, 1.82) is 5.26 Å². The maximum absolute atomic E-state index is 8.69. The van der Waals surface area contributed by atoms with Crippen molar-refractivity contribution in [2.45, 2.75) is 6.42 Å². The van der Waals surface area contributed by atoms with Crippen LogP contribution >= 0.6 is 11.6 Å². The van der Waals surface area contributed by atoms with Gasteiger partial charge in [-0.05, 0) is 29.8 Å². The Morgan fingerprint density at radius 2 is 2.00 bits per heavy atom. The van der Waals surface area contributed by atoms with E-state index in [4.69, 9.17) is 16.9 Å². The molecule has 0 saturated heterocycles. The number of rotatable bonds is 3. The Hall–Kier alpha value is -2.11. The van der Waals surface area contributed by atoms with Crippen LogP contribution in [0.4, 0.5) is 0 Å². The Morgan fingerprint density at radius 1 is 1.22 bits per heavy atom. The van der Waals surface area contributed by atoms with E-state index in [0.29, 0.717) is 17.0 Å². The number of benzene rings is 1. The Bertz CT molecular complexity index is 595. The number of nitrogens with zero attached hydrogens (tertiary/aromatic N) is 2. The van der Waals surface area contributed by atoms with Crippen LogP contribution < -0.4 is 0 Å². The molecule has 0 aliphatic heterocycles. The SMILES string of the molecule is N#Cc1ccc(C=CCc2ncccc2Cl)cc1. The van der Waals surface area contributed by atoms with Crippen molar-refractivity contribution >= 4 is 17.7 Å². The molecular formula is C15H11ClN2. The number of pyridine rings is 1. The van der Waals surface area contributed by atoms with Gasteiger partial charge in [-0.2, -0.15) is 5.26 Å². The molecule has 0 amide bonds. The molecule has 0 spiro atoms. The number of allylic oxidation sites excluding steroid dienone is 1. The van der Waals surface area contributed by atoms with Crippen LogP contribution in [0.2, 0.25) is 5.02 Å². The zero-order valence-corrected chi connectivity index (χ0v) is 10.4. The fourth-order valence-corrected chi connectivity index (χ4v) is 1.74. The zero-order chi connectivity index (χ0) is 12.8. The van der Waals surface area contributed by atoms with Crippen molar-refractivity contribution in [3.8, 4) is 6.07 Å². The molecular weight excluding hydrogens is 244 g/mol. The molecule has 1 heterocycles. The minimum atomic E-state index is 0.667. The van der Waals surface area contributed by atoms with Gasteiger partial charge >= 0.3 is 0 Å². The summed E-state index contributed by atoms with van der Waals surface area (Å²) in [7, 11) is 0. The molecule has 2 aromatic rings. The molecule has 0 unspecified atom stereocenters. The summed E-state index contributed by atoms with van der Waals surface area (Å²) in [6.07, 6.45) is 6.43. The second-order valence-corrected chi connectivity index (χ2v) is 4.18. The van der Waals surface area contributed by atoms with E-state index in [1.54, 1.807) is 18.3 Å². The molecule has 0 atom stereocenters. The van der Waals surface area contributed by atoms with E-state index in [1.165, 1.54) is 0 Å². The van der Waals surface area contributed by atoms with E-state index < -0.39 is 0 Å². The molecule has 0 N–H and O–H groups in total. The van der Waals surface area contributed by atoms with Crippen LogP contribution in [0.1, 0.15) is 16.8 Å². The molecule has 0 saturated carbocycles. The van der Waals surface area contributed by atoms with E-state index in [2.05, 4.69) is 11.1 Å². The molecule has 2 rings (SSSR count). The van der Waals surface area contributed by atoms with Crippen LogP contribution in [-0.4, -0.2) is 4.98 Å². The Morgan fingerprint density at radius 3 is 2.67 bits per heavy atom. The van der Waals surface area contributed by atoms with Gasteiger partial charge in [0.15, 0.2) is 0 Å². The minimum Gasteiger partial charge on any atom is -0.259 e. The second kappa shape index (κ2) is 6.00. The highest BCUT2D eigenvalue weighted by Gasteiger charge is 1.97. The molecule has 0 fully saturated rings. The van der Waals surface area contributed by atoms with Crippen molar-refractivity contribution < 1.29 is 0 Å². The molecule has 3 heteroatoms. The lowest BCUT2D eigenvalue weighted by Crippen LogP contribution is -1.87. The van der Waals surface area contributed by atoms with E-state index in [0.717, 1.165) is 11.3 Å². The second-order valence-electron chi connectivity index (χ2n) is 3.77. The Kier molecular flexibility index (Phi) is 4.11. The van der Waals surface area contributed by atoms with Gasteiger partial charge < -0.3 is 0 Å². The third-order valence-electron chi connectivity index (χ3n) is 2.50. The number of hydrogen-bond acceptors (Lipinski definition) is 2. The summed E-state index contributed by atoms with van der Waals surface area (Å²) in [5.74, 6) is 0. The van der Waals surface area contributed by atoms with Crippen molar-refractivity contribution in [2.24, 2.45) is 0 Å². The lowest BCUT2D eigenvalue weighted by atomic mass is 10.1. The van der Waals surface area contributed by atoms with Gasteiger partial charge in [0.25, 0.3) is 0 Å². The standard InChI is InChI=1S/C15H11ClN2/c16-14-4-2-10-18-15(14)5-1-3-12-6-8-13(11-17)9-7-12/h1-4,6-10H,5H2. The lowest BCUT2D eigenvalue weighted by molar-refractivity contribution is 1.11. The van der Waals surface area contributed by atoms with E-state index in [-0.39, 0.29) is 0 Å². The minimum absolute atomic E-state index is 0.667. The lowest BCUT2D eigenvalue weighted by Gasteiger charge is -1.98. The fraction of sp³-hybridized carbons (Fsp3) is 0.0667. The third kappa shape index (κ3) is 3.19. The number of nitriles is 1. The molecule has 0 radical (unpaired) electrons. The van der Waals surface area contributed by atoms with Gasteiger partial charge in [0.05, 0.1) is 22.3 Å². The first-order valence-electron chi connectivity index (χ1n) is 5.55. The molecule has 1 aromatic carbocycles. The first-order valence-corrected chi connectivity index (χ1v) is 5.93. The summed E-state index contributed by atoms with van der Waals surface area (Å²) >= 11 is 6.01. The van der Waals surface area contributed by atoms with E-state index >= 15 is 0 Å². The van der Waals surface area contributed by atoms with Crippen LogP contribution in [0.3, 0.4) is 0 Å². The first-order chi connectivity index (χ1) is 8.79. The topological polar surface area (TPSA) is 36.7 Å². The third-order valence-corrected chi connectivity index (χ3v) is 2.84. The van der Waals surface area contributed by atoms with Crippen LogP contribution in [-0.2, 0) is 6.42 Å². The molecule has 1 aromatic heterocycles. The maximum atomic E-state index is 8.69. The van der Waals surface area contributed by atoms with Crippen molar-refractivity contribution in [3.63, 3.8) is 0 Å². The van der Waals surface area contributed by atoms with Gasteiger partial charge in [-0.15, -0.1) is 0 Å². The molecule has 2 nitrogen and oxygen atoms in total. The summed E-state index contributed by atoms with van der Waals surface area (Å²) in [5, 5.41) is 9.38. The maximum Gasteiger partial charge on any atom is 0.0991 e. The van der Waals surface area contributed by atoms with Gasteiger partial charge in [0.1, 0.15) is 0 Å².